The lowest BCUT2D eigenvalue weighted by Crippen LogP contribution is -2.38. The van der Waals surface area contributed by atoms with Gasteiger partial charge < -0.3 is 20.1 Å². The summed E-state index contributed by atoms with van der Waals surface area (Å²) in [4.78, 5) is 14.5. The molecule has 1 aromatic carbocycles. The number of ether oxygens (including phenoxy) is 2. The molecular formula is C15H24N2O3. The number of rotatable bonds is 7. The molecule has 1 rings (SSSR count). The van der Waals surface area contributed by atoms with Crippen molar-refractivity contribution in [1.82, 2.24) is 4.90 Å². The molecule has 0 atom stereocenters. The molecule has 0 heterocycles. The molecule has 0 saturated carbocycles. The molecule has 0 bridgehead atoms. The minimum absolute atomic E-state index is 0.0656. The lowest BCUT2D eigenvalue weighted by Gasteiger charge is -2.27. The van der Waals surface area contributed by atoms with E-state index < -0.39 is 0 Å². The average molecular weight is 280 g/mol. The summed E-state index contributed by atoms with van der Waals surface area (Å²) in [6.45, 7) is 5.17. The van der Waals surface area contributed by atoms with Gasteiger partial charge in [0.05, 0.1) is 19.8 Å². The highest BCUT2D eigenvalue weighted by Crippen LogP contribution is 2.31. The van der Waals surface area contributed by atoms with Gasteiger partial charge in [-0.05, 0) is 38.9 Å². The molecule has 5 nitrogen and oxygen atoms in total. The Morgan fingerprint density at radius 2 is 2.00 bits per heavy atom. The smallest absolute Gasteiger partial charge is 0.257 e. The summed E-state index contributed by atoms with van der Waals surface area (Å²) >= 11 is 0. The van der Waals surface area contributed by atoms with E-state index in [1.165, 1.54) is 7.11 Å². The lowest BCUT2D eigenvalue weighted by molar-refractivity contribution is 0.0700. The summed E-state index contributed by atoms with van der Waals surface area (Å²) in [7, 11) is 3.09. The Balaban J connectivity index is 3.11. The first-order chi connectivity index (χ1) is 9.56. The summed E-state index contributed by atoms with van der Waals surface area (Å²) in [5, 5.41) is 0. The van der Waals surface area contributed by atoms with Crippen molar-refractivity contribution in [3.05, 3.63) is 23.8 Å². The molecule has 0 fully saturated rings. The number of hydrogen-bond donors (Lipinski definition) is 1. The normalized spacial score (nSPS) is 10.5. The Labute approximate surface area is 120 Å². The zero-order valence-electron chi connectivity index (χ0n) is 12.7. The summed E-state index contributed by atoms with van der Waals surface area (Å²) in [6, 6.07) is 5.41. The molecule has 0 aliphatic heterocycles. The maximum absolute atomic E-state index is 12.7. The number of carbonyl (C=O) groups excluding carboxylic acids is 1. The van der Waals surface area contributed by atoms with Crippen molar-refractivity contribution >= 4 is 5.91 Å². The number of benzene rings is 1. The molecule has 0 aliphatic carbocycles. The van der Waals surface area contributed by atoms with E-state index in [1.807, 2.05) is 13.8 Å². The Kier molecular flexibility index (Phi) is 6.31. The van der Waals surface area contributed by atoms with Gasteiger partial charge >= 0.3 is 0 Å². The van der Waals surface area contributed by atoms with Crippen LogP contribution in [0.3, 0.4) is 0 Å². The second-order valence-electron chi connectivity index (χ2n) is 4.78. The van der Waals surface area contributed by atoms with Gasteiger partial charge in [-0.2, -0.15) is 0 Å². The van der Waals surface area contributed by atoms with Crippen LogP contribution in [0, 0.1) is 0 Å². The van der Waals surface area contributed by atoms with Gasteiger partial charge in [0.1, 0.15) is 0 Å². The quantitative estimate of drug-likeness (QED) is 0.828. The maximum atomic E-state index is 12.7. The van der Waals surface area contributed by atoms with Crippen molar-refractivity contribution in [3.63, 3.8) is 0 Å². The van der Waals surface area contributed by atoms with E-state index in [0.717, 1.165) is 6.42 Å². The summed E-state index contributed by atoms with van der Waals surface area (Å²) in [5.74, 6) is 0.962. The Morgan fingerprint density at radius 1 is 1.30 bits per heavy atom. The van der Waals surface area contributed by atoms with Gasteiger partial charge in [-0.3, -0.25) is 4.79 Å². The predicted octanol–water partition coefficient (Wildman–Crippen LogP) is 1.90. The highest BCUT2D eigenvalue weighted by molar-refractivity contribution is 5.98. The number of carbonyl (C=O) groups is 1. The number of nitrogens with zero attached hydrogens (tertiary/aromatic N) is 1. The van der Waals surface area contributed by atoms with E-state index in [2.05, 4.69) is 0 Å². The van der Waals surface area contributed by atoms with E-state index in [4.69, 9.17) is 15.2 Å². The monoisotopic (exact) mass is 280 g/mol. The van der Waals surface area contributed by atoms with Gasteiger partial charge in [0.2, 0.25) is 0 Å². The highest BCUT2D eigenvalue weighted by Gasteiger charge is 2.23. The number of para-hydroxylation sites is 1. The van der Waals surface area contributed by atoms with Crippen molar-refractivity contribution in [3.8, 4) is 11.5 Å². The number of amides is 1. The summed E-state index contributed by atoms with van der Waals surface area (Å²) in [5.41, 5.74) is 6.05. The molecule has 1 aromatic rings. The minimum Gasteiger partial charge on any atom is -0.493 e. The lowest BCUT2D eigenvalue weighted by atomic mass is 10.1. The fraction of sp³-hybridized carbons (Fsp3) is 0.533. The average Bonchev–Trinajstić information content (AvgIpc) is 2.45. The second kappa shape index (κ2) is 7.75. The van der Waals surface area contributed by atoms with Crippen LogP contribution >= 0.6 is 0 Å². The molecule has 0 saturated heterocycles. The van der Waals surface area contributed by atoms with Crippen LogP contribution in [0.25, 0.3) is 0 Å². The topological polar surface area (TPSA) is 64.8 Å². The molecule has 0 spiro atoms. The zero-order chi connectivity index (χ0) is 15.1. The Morgan fingerprint density at radius 3 is 2.50 bits per heavy atom. The van der Waals surface area contributed by atoms with Crippen molar-refractivity contribution < 1.29 is 14.3 Å². The molecule has 1 amide bonds. The fourth-order valence-corrected chi connectivity index (χ4v) is 2.07. The second-order valence-corrected chi connectivity index (χ2v) is 4.78. The van der Waals surface area contributed by atoms with Gasteiger partial charge in [0.25, 0.3) is 5.91 Å². The first-order valence-electron chi connectivity index (χ1n) is 6.78. The van der Waals surface area contributed by atoms with Crippen LogP contribution in [-0.2, 0) is 0 Å². The van der Waals surface area contributed by atoms with Crippen LogP contribution < -0.4 is 15.2 Å². The Bertz CT molecular complexity index is 447. The van der Waals surface area contributed by atoms with E-state index >= 15 is 0 Å². The van der Waals surface area contributed by atoms with Crippen LogP contribution in [-0.4, -0.2) is 44.2 Å². The number of methoxy groups -OCH3 is 2. The molecule has 0 unspecified atom stereocenters. The summed E-state index contributed by atoms with van der Waals surface area (Å²) < 4.78 is 10.6. The van der Waals surface area contributed by atoms with Crippen molar-refractivity contribution in [2.75, 3.05) is 27.3 Å². The minimum atomic E-state index is -0.0656. The fourth-order valence-electron chi connectivity index (χ4n) is 2.07. The molecule has 0 aliphatic rings. The van der Waals surface area contributed by atoms with Crippen molar-refractivity contribution in [2.45, 2.75) is 26.3 Å². The predicted molar refractivity (Wildman–Crippen MR) is 79.4 cm³/mol. The molecule has 112 valence electrons. The molecular weight excluding hydrogens is 256 g/mol. The third kappa shape index (κ3) is 3.63. The van der Waals surface area contributed by atoms with Crippen LogP contribution in [0.15, 0.2) is 18.2 Å². The summed E-state index contributed by atoms with van der Waals surface area (Å²) in [6.07, 6.45) is 0.774. The van der Waals surface area contributed by atoms with Crippen LogP contribution in [0.2, 0.25) is 0 Å². The first kappa shape index (κ1) is 16.3. The number of hydrogen-bond acceptors (Lipinski definition) is 4. The van der Waals surface area contributed by atoms with Gasteiger partial charge in [0.15, 0.2) is 11.5 Å². The van der Waals surface area contributed by atoms with Crippen LogP contribution in [0.1, 0.15) is 30.6 Å². The van der Waals surface area contributed by atoms with E-state index in [0.29, 0.717) is 30.2 Å². The molecule has 20 heavy (non-hydrogen) atoms. The SMILES string of the molecule is COc1cccc(C(=O)N(CCCN)C(C)C)c1OC. The van der Waals surface area contributed by atoms with Crippen LogP contribution in [0.4, 0.5) is 0 Å². The van der Waals surface area contributed by atoms with E-state index in [9.17, 15) is 4.79 Å². The van der Waals surface area contributed by atoms with Gasteiger partial charge in [-0.1, -0.05) is 6.07 Å². The molecule has 0 radical (unpaired) electrons. The van der Waals surface area contributed by atoms with Crippen LogP contribution in [0.5, 0.6) is 11.5 Å². The third-order valence-corrected chi connectivity index (χ3v) is 3.12. The van der Waals surface area contributed by atoms with Gasteiger partial charge in [0, 0.05) is 12.6 Å². The Hall–Kier alpha value is -1.75. The first-order valence-corrected chi connectivity index (χ1v) is 6.78. The molecule has 5 heteroatoms. The van der Waals surface area contributed by atoms with Gasteiger partial charge in [-0.15, -0.1) is 0 Å². The number of nitrogens with two attached hydrogens (primary N) is 1. The third-order valence-electron chi connectivity index (χ3n) is 3.12. The molecule has 0 aromatic heterocycles. The zero-order valence-corrected chi connectivity index (χ0v) is 12.7. The highest BCUT2D eigenvalue weighted by atomic mass is 16.5. The largest absolute Gasteiger partial charge is 0.493 e. The molecule has 2 N–H and O–H groups in total. The standard InChI is InChI=1S/C15H24N2O3/c1-11(2)17(10-6-9-16)15(18)12-7-5-8-13(19-3)14(12)20-4/h5,7-8,11H,6,9-10,16H2,1-4H3. The maximum Gasteiger partial charge on any atom is 0.257 e. The van der Waals surface area contributed by atoms with E-state index in [1.54, 1.807) is 30.2 Å². The van der Waals surface area contributed by atoms with Gasteiger partial charge in [-0.25, -0.2) is 0 Å². The van der Waals surface area contributed by atoms with E-state index in [-0.39, 0.29) is 11.9 Å². The van der Waals surface area contributed by atoms with Crippen molar-refractivity contribution in [2.24, 2.45) is 5.73 Å². The van der Waals surface area contributed by atoms with Crippen molar-refractivity contribution in [1.29, 1.82) is 0 Å².